The highest BCUT2D eigenvalue weighted by Gasteiger charge is 2.06. The van der Waals surface area contributed by atoms with E-state index in [-0.39, 0.29) is 12.5 Å². The summed E-state index contributed by atoms with van der Waals surface area (Å²) in [6.45, 7) is 0.0584. The topological polar surface area (TPSA) is 64.9 Å². The van der Waals surface area contributed by atoms with E-state index in [2.05, 4.69) is 32.6 Å². The Morgan fingerprint density at radius 2 is 2.10 bits per heavy atom. The summed E-state index contributed by atoms with van der Waals surface area (Å²) in [5.74, 6) is -0.218. The van der Waals surface area contributed by atoms with E-state index in [1.807, 2.05) is 0 Å². The van der Waals surface area contributed by atoms with Crippen LogP contribution in [0.4, 0.5) is 11.4 Å². The van der Waals surface area contributed by atoms with Gasteiger partial charge in [0, 0.05) is 15.2 Å². The zero-order valence-corrected chi connectivity index (χ0v) is 13.2. The van der Waals surface area contributed by atoms with E-state index in [4.69, 9.17) is 16.9 Å². The fourth-order valence-electron chi connectivity index (χ4n) is 1.71. The molecule has 0 saturated carbocycles. The number of hydrogen-bond acceptors (Lipinski definition) is 3. The molecule has 2 N–H and O–H groups in total. The molecule has 0 saturated heterocycles. The van der Waals surface area contributed by atoms with Gasteiger partial charge in [0.25, 0.3) is 0 Å². The van der Waals surface area contributed by atoms with Crippen molar-refractivity contribution in [2.24, 2.45) is 0 Å². The Balaban J connectivity index is 1.97. The molecule has 0 fully saturated rings. The van der Waals surface area contributed by atoms with Gasteiger partial charge in [0.1, 0.15) is 6.07 Å². The minimum Gasteiger partial charge on any atom is -0.375 e. The summed E-state index contributed by atoms with van der Waals surface area (Å²) in [5.41, 5.74) is 1.72. The number of benzene rings is 2. The van der Waals surface area contributed by atoms with Crippen molar-refractivity contribution in [3.8, 4) is 6.07 Å². The molecule has 2 aromatic rings. The van der Waals surface area contributed by atoms with Gasteiger partial charge in [0.05, 0.1) is 17.8 Å². The molecule has 0 unspecified atom stereocenters. The molecular weight excluding hydrogens is 354 g/mol. The van der Waals surface area contributed by atoms with Crippen LogP contribution in [-0.4, -0.2) is 12.5 Å². The third-order valence-electron chi connectivity index (χ3n) is 2.65. The Morgan fingerprint density at radius 1 is 1.29 bits per heavy atom. The number of nitrogens with zero attached hydrogens (tertiary/aromatic N) is 1. The number of rotatable bonds is 4. The molecule has 21 heavy (non-hydrogen) atoms. The van der Waals surface area contributed by atoms with Crippen molar-refractivity contribution in [2.45, 2.75) is 0 Å². The average molecular weight is 365 g/mol. The molecule has 106 valence electrons. The minimum atomic E-state index is -0.218. The molecule has 0 aliphatic heterocycles. The van der Waals surface area contributed by atoms with Gasteiger partial charge in [-0.2, -0.15) is 5.26 Å². The van der Waals surface area contributed by atoms with E-state index in [1.165, 1.54) is 0 Å². The van der Waals surface area contributed by atoms with Crippen LogP contribution in [0.3, 0.4) is 0 Å². The molecule has 0 bridgehead atoms. The second kappa shape index (κ2) is 7.11. The maximum Gasteiger partial charge on any atom is 0.243 e. The molecule has 2 rings (SSSR count). The van der Waals surface area contributed by atoms with E-state index in [9.17, 15) is 4.79 Å². The third-order valence-corrected chi connectivity index (χ3v) is 3.38. The molecule has 0 aliphatic carbocycles. The molecule has 0 atom stereocenters. The predicted octanol–water partition coefficient (Wildman–Crippen LogP) is 4.02. The van der Waals surface area contributed by atoms with Crippen molar-refractivity contribution < 1.29 is 4.79 Å². The van der Waals surface area contributed by atoms with Crippen LogP contribution in [0.1, 0.15) is 5.56 Å². The number of hydrogen-bond donors (Lipinski definition) is 2. The van der Waals surface area contributed by atoms with Crippen LogP contribution in [0.5, 0.6) is 0 Å². The van der Waals surface area contributed by atoms with Gasteiger partial charge >= 0.3 is 0 Å². The molecule has 0 aromatic heterocycles. The summed E-state index contributed by atoms with van der Waals surface area (Å²) < 4.78 is 0.813. The predicted molar refractivity (Wildman–Crippen MR) is 87.4 cm³/mol. The number of carbonyl (C=O) groups excluding carboxylic acids is 1. The lowest BCUT2D eigenvalue weighted by atomic mass is 10.2. The number of anilines is 2. The quantitative estimate of drug-likeness (QED) is 0.861. The Labute approximate surface area is 135 Å². The van der Waals surface area contributed by atoms with Crippen LogP contribution in [0.15, 0.2) is 46.9 Å². The fraction of sp³-hybridized carbons (Fsp3) is 0.0667. The second-order valence-electron chi connectivity index (χ2n) is 4.21. The highest BCUT2D eigenvalue weighted by Crippen LogP contribution is 2.20. The summed E-state index contributed by atoms with van der Waals surface area (Å²) in [6, 6.07) is 14.2. The van der Waals surface area contributed by atoms with Crippen LogP contribution in [0.2, 0.25) is 5.02 Å². The van der Waals surface area contributed by atoms with Crippen molar-refractivity contribution in [1.29, 1.82) is 5.26 Å². The maximum absolute atomic E-state index is 11.9. The lowest BCUT2D eigenvalue weighted by Gasteiger charge is -2.09. The van der Waals surface area contributed by atoms with Gasteiger partial charge in [0.2, 0.25) is 5.91 Å². The van der Waals surface area contributed by atoms with Crippen molar-refractivity contribution >= 4 is 44.8 Å². The summed E-state index contributed by atoms with van der Waals surface area (Å²) in [7, 11) is 0. The Bertz CT molecular complexity index is 712. The lowest BCUT2D eigenvalue weighted by Crippen LogP contribution is -2.22. The van der Waals surface area contributed by atoms with Gasteiger partial charge < -0.3 is 10.6 Å². The smallest absolute Gasteiger partial charge is 0.243 e. The normalized spacial score (nSPS) is 9.76. The molecule has 0 radical (unpaired) electrons. The molecule has 1 amide bonds. The molecular formula is C15H11BrClN3O. The van der Waals surface area contributed by atoms with Gasteiger partial charge in [-0.15, -0.1) is 0 Å². The largest absolute Gasteiger partial charge is 0.375 e. The van der Waals surface area contributed by atoms with Crippen LogP contribution in [0, 0.1) is 11.3 Å². The third kappa shape index (κ3) is 4.48. The van der Waals surface area contributed by atoms with Gasteiger partial charge in [-0.3, -0.25) is 4.79 Å². The van der Waals surface area contributed by atoms with Crippen LogP contribution < -0.4 is 10.6 Å². The highest BCUT2D eigenvalue weighted by molar-refractivity contribution is 9.10. The van der Waals surface area contributed by atoms with Crippen molar-refractivity contribution in [2.75, 3.05) is 17.2 Å². The summed E-state index contributed by atoms with van der Waals surface area (Å²) >= 11 is 9.15. The zero-order valence-electron chi connectivity index (χ0n) is 10.9. The lowest BCUT2D eigenvalue weighted by molar-refractivity contribution is -0.114. The molecule has 6 heteroatoms. The van der Waals surface area contributed by atoms with Crippen LogP contribution >= 0.6 is 27.5 Å². The number of nitrogens with one attached hydrogen (secondary N) is 2. The zero-order chi connectivity index (χ0) is 15.2. The first-order valence-electron chi connectivity index (χ1n) is 6.07. The maximum atomic E-state index is 11.9. The highest BCUT2D eigenvalue weighted by atomic mass is 79.9. The van der Waals surface area contributed by atoms with Crippen molar-refractivity contribution in [1.82, 2.24) is 0 Å². The van der Waals surface area contributed by atoms with Gasteiger partial charge in [-0.1, -0.05) is 33.6 Å². The Morgan fingerprint density at radius 3 is 2.81 bits per heavy atom. The minimum absolute atomic E-state index is 0.0584. The van der Waals surface area contributed by atoms with Gasteiger partial charge in [0.15, 0.2) is 0 Å². The number of carbonyl (C=O) groups is 1. The number of halogens is 2. The van der Waals surface area contributed by atoms with E-state index in [1.54, 1.807) is 42.5 Å². The monoisotopic (exact) mass is 363 g/mol. The summed E-state index contributed by atoms with van der Waals surface area (Å²) in [6.07, 6.45) is 0. The Kier molecular flexibility index (Phi) is 5.20. The van der Waals surface area contributed by atoms with E-state index < -0.39 is 0 Å². The van der Waals surface area contributed by atoms with E-state index >= 15 is 0 Å². The summed E-state index contributed by atoms with van der Waals surface area (Å²) in [4.78, 5) is 11.9. The van der Waals surface area contributed by atoms with E-state index in [0.717, 1.165) is 4.47 Å². The van der Waals surface area contributed by atoms with Gasteiger partial charge in [-0.05, 0) is 36.4 Å². The molecule has 0 heterocycles. The summed E-state index contributed by atoms with van der Waals surface area (Å²) in [5, 5.41) is 15.3. The van der Waals surface area contributed by atoms with Gasteiger partial charge in [-0.25, -0.2) is 0 Å². The first-order valence-corrected chi connectivity index (χ1v) is 7.24. The van der Waals surface area contributed by atoms with Crippen molar-refractivity contribution in [3.05, 3.63) is 57.5 Å². The Hall–Kier alpha value is -2.03. The second-order valence-corrected chi connectivity index (χ2v) is 5.57. The first-order chi connectivity index (χ1) is 10.1. The van der Waals surface area contributed by atoms with Crippen LogP contribution in [-0.2, 0) is 4.79 Å². The molecule has 4 nitrogen and oxygen atoms in total. The standard InChI is InChI=1S/C15H11BrClN3O/c16-11-4-5-14(10(6-11)8-18)19-9-15(21)20-13-3-1-2-12(17)7-13/h1-7,19H,9H2,(H,20,21). The van der Waals surface area contributed by atoms with E-state index in [0.29, 0.717) is 22.0 Å². The molecule has 0 spiro atoms. The van der Waals surface area contributed by atoms with Crippen LogP contribution in [0.25, 0.3) is 0 Å². The molecule has 0 aliphatic rings. The molecule has 2 aromatic carbocycles. The fourth-order valence-corrected chi connectivity index (χ4v) is 2.26. The SMILES string of the molecule is N#Cc1cc(Br)ccc1NCC(=O)Nc1cccc(Cl)c1. The average Bonchev–Trinajstić information content (AvgIpc) is 2.45. The number of nitriles is 1. The first kappa shape index (κ1) is 15.4. The van der Waals surface area contributed by atoms with Crippen molar-refractivity contribution in [3.63, 3.8) is 0 Å². The number of amides is 1.